The number of ether oxygens (including phenoxy) is 1. The van der Waals surface area contributed by atoms with Crippen LogP contribution < -0.4 is 10.1 Å². The molecule has 0 spiro atoms. The number of alkyl halides is 1. The highest BCUT2D eigenvalue weighted by Crippen LogP contribution is 2.39. The molecular weight excluding hydrogens is 466 g/mol. The van der Waals surface area contributed by atoms with Crippen LogP contribution in [0.15, 0.2) is 45.3 Å². The van der Waals surface area contributed by atoms with Crippen LogP contribution in [0.3, 0.4) is 0 Å². The van der Waals surface area contributed by atoms with E-state index in [1.807, 2.05) is 30.3 Å². The van der Waals surface area contributed by atoms with Crippen LogP contribution in [0.25, 0.3) is 0 Å². The average molecular weight is 476 g/mol. The Labute approximate surface area is 147 Å². The fourth-order valence-corrected chi connectivity index (χ4v) is 3.97. The Morgan fingerprint density at radius 2 is 1.95 bits per heavy atom. The number of fused-ring (bicyclic) bond motifs is 1. The van der Waals surface area contributed by atoms with Gasteiger partial charge in [-0.05, 0) is 41.5 Å². The number of nitrogens with one attached hydrogen (secondary N) is 1. The summed E-state index contributed by atoms with van der Waals surface area (Å²) in [6, 6.07) is 11.8. The fraction of sp³-hybridized carbons (Fsp3) is 0.133. The van der Waals surface area contributed by atoms with Crippen LogP contribution in [0.2, 0.25) is 0 Å². The molecule has 1 aliphatic heterocycles. The maximum absolute atomic E-state index is 11.4. The molecule has 1 unspecified atom stereocenters. The lowest BCUT2D eigenvalue weighted by Crippen LogP contribution is -2.25. The van der Waals surface area contributed by atoms with E-state index in [4.69, 9.17) is 4.74 Å². The summed E-state index contributed by atoms with van der Waals surface area (Å²) >= 11 is 10.8. The van der Waals surface area contributed by atoms with E-state index in [2.05, 4.69) is 59.2 Å². The number of amides is 1. The van der Waals surface area contributed by atoms with Crippen LogP contribution in [0.4, 0.5) is 5.69 Å². The van der Waals surface area contributed by atoms with Gasteiger partial charge in [-0.1, -0.05) is 53.9 Å². The van der Waals surface area contributed by atoms with Crippen molar-refractivity contribution < 1.29 is 9.53 Å². The van der Waals surface area contributed by atoms with Crippen molar-refractivity contribution in [3.63, 3.8) is 0 Å². The Hall–Kier alpha value is -0.850. The Morgan fingerprint density at radius 1 is 1.14 bits per heavy atom. The molecule has 1 aliphatic rings. The Balaban J connectivity index is 1.98. The number of benzene rings is 2. The molecule has 0 fully saturated rings. The highest BCUT2D eigenvalue weighted by Gasteiger charge is 2.20. The van der Waals surface area contributed by atoms with Crippen molar-refractivity contribution in [1.82, 2.24) is 0 Å². The summed E-state index contributed by atoms with van der Waals surface area (Å²) in [6.07, 6.45) is 0. The number of carbonyl (C=O) groups is 1. The van der Waals surface area contributed by atoms with Crippen molar-refractivity contribution in [2.24, 2.45) is 0 Å². The third-order valence-electron chi connectivity index (χ3n) is 3.16. The van der Waals surface area contributed by atoms with Crippen molar-refractivity contribution in [1.29, 1.82) is 0 Å². The molecule has 21 heavy (non-hydrogen) atoms. The van der Waals surface area contributed by atoms with E-state index < -0.39 is 0 Å². The molecule has 6 heteroatoms. The van der Waals surface area contributed by atoms with Crippen LogP contribution in [0, 0.1) is 0 Å². The highest BCUT2D eigenvalue weighted by atomic mass is 79.9. The molecule has 0 aliphatic carbocycles. The number of carbonyl (C=O) groups excluding carboxylic acids is 1. The molecule has 0 aromatic heterocycles. The van der Waals surface area contributed by atoms with Gasteiger partial charge in [0.05, 0.1) is 10.5 Å². The van der Waals surface area contributed by atoms with E-state index in [0.29, 0.717) is 11.4 Å². The summed E-state index contributed by atoms with van der Waals surface area (Å²) in [7, 11) is 0. The summed E-state index contributed by atoms with van der Waals surface area (Å²) in [4.78, 5) is 11.4. The lowest BCUT2D eigenvalue weighted by Gasteiger charge is -2.20. The van der Waals surface area contributed by atoms with E-state index in [1.165, 1.54) is 0 Å². The summed E-state index contributed by atoms with van der Waals surface area (Å²) in [6.45, 7) is 0.0707. The quantitative estimate of drug-likeness (QED) is 0.619. The van der Waals surface area contributed by atoms with Gasteiger partial charge < -0.3 is 10.1 Å². The number of hydrogen-bond acceptors (Lipinski definition) is 2. The molecule has 3 nitrogen and oxygen atoms in total. The lowest BCUT2D eigenvalue weighted by atomic mass is 10.0. The van der Waals surface area contributed by atoms with Crippen molar-refractivity contribution in [3.05, 3.63) is 56.5 Å². The number of hydrogen-bond donors (Lipinski definition) is 1. The first kappa shape index (κ1) is 15.1. The molecule has 0 saturated heterocycles. The second-order valence-corrected chi connectivity index (χ2v) is 7.31. The van der Waals surface area contributed by atoms with Crippen molar-refractivity contribution in [2.75, 3.05) is 11.9 Å². The van der Waals surface area contributed by atoms with Crippen molar-refractivity contribution in [3.8, 4) is 5.75 Å². The third-order valence-corrected chi connectivity index (χ3v) is 5.40. The van der Waals surface area contributed by atoms with Gasteiger partial charge in [-0.25, -0.2) is 0 Å². The smallest absolute Gasteiger partial charge is 0.262 e. The third kappa shape index (κ3) is 3.17. The van der Waals surface area contributed by atoms with Gasteiger partial charge in [0.15, 0.2) is 6.61 Å². The molecule has 1 atom stereocenters. The maximum Gasteiger partial charge on any atom is 0.262 e. The van der Waals surface area contributed by atoms with Gasteiger partial charge in [-0.2, -0.15) is 0 Å². The summed E-state index contributed by atoms with van der Waals surface area (Å²) in [5.41, 5.74) is 2.85. The van der Waals surface area contributed by atoms with E-state index >= 15 is 0 Å². The zero-order chi connectivity index (χ0) is 15.0. The highest BCUT2D eigenvalue weighted by molar-refractivity contribution is 9.11. The van der Waals surface area contributed by atoms with E-state index in [0.717, 1.165) is 20.1 Å². The first-order valence-corrected chi connectivity index (χ1v) is 8.70. The zero-order valence-electron chi connectivity index (χ0n) is 10.7. The predicted molar refractivity (Wildman–Crippen MR) is 93.2 cm³/mol. The van der Waals surface area contributed by atoms with Crippen molar-refractivity contribution in [2.45, 2.75) is 4.83 Å². The van der Waals surface area contributed by atoms with E-state index in [9.17, 15) is 4.79 Å². The zero-order valence-corrected chi connectivity index (χ0v) is 15.5. The predicted octanol–water partition coefficient (Wildman–Crippen LogP) is 5.03. The summed E-state index contributed by atoms with van der Waals surface area (Å²) < 4.78 is 7.41. The maximum atomic E-state index is 11.4. The number of rotatable bonds is 2. The van der Waals surface area contributed by atoms with Crippen LogP contribution >= 0.6 is 47.8 Å². The second kappa shape index (κ2) is 6.10. The summed E-state index contributed by atoms with van der Waals surface area (Å²) in [5, 5.41) is 2.83. The molecule has 0 radical (unpaired) electrons. The molecule has 3 rings (SSSR count). The van der Waals surface area contributed by atoms with Gasteiger partial charge in [0.1, 0.15) is 5.75 Å². The van der Waals surface area contributed by atoms with Gasteiger partial charge in [0, 0.05) is 8.95 Å². The fourth-order valence-electron chi connectivity index (χ4n) is 2.15. The van der Waals surface area contributed by atoms with Gasteiger partial charge in [0.25, 0.3) is 5.91 Å². The molecule has 0 saturated carbocycles. The minimum atomic E-state index is -0.130. The lowest BCUT2D eigenvalue weighted by molar-refractivity contribution is -0.118. The Kier molecular flexibility index (Phi) is 4.38. The molecule has 1 amide bonds. The molecular formula is C15H10Br3NO2. The van der Waals surface area contributed by atoms with Crippen molar-refractivity contribution >= 4 is 59.4 Å². The van der Waals surface area contributed by atoms with Crippen LogP contribution in [-0.2, 0) is 4.79 Å². The van der Waals surface area contributed by atoms with E-state index in [1.54, 1.807) is 0 Å². The second-order valence-electron chi connectivity index (χ2n) is 4.62. The number of halogens is 3. The molecule has 1 heterocycles. The Morgan fingerprint density at radius 3 is 2.76 bits per heavy atom. The summed E-state index contributed by atoms with van der Waals surface area (Å²) in [5.74, 6) is 0.570. The largest absolute Gasteiger partial charge is 0.482 e. The van der Waals surface area contributed by atoms with Gasteiger partial charge in [0.2, 0.25) is 0 Å². The average Bonchev–Trinajstić information content (AvgIpc) is 2.48. The molecule has 0 bridgehead atoms. The van der Waals surface area contributed by atoms with Gasteiger partial charge >= 0.3 is 0 Å². The molecule has 108 valence electrons. The monoisotopic (exact) mass is 473 g/mol. The SMILES string of the molecule is O=C1COc2ccc(C(Br)c3cc(Br)ccc3Br)cc2N1. The Bertz CT molecular complexity index is 718. The number of anilines is 1. The minimum absolute atomic E-state index is 0.00787. The van der Waals surface area contributed by atoms with Crippen LogP contribution in [0.1, 0.15) is 16.0 Å². The first-order valence-electron chi connectivity index (χ1n) is 6.20. The topological polar surface area (TPSA) is 38.3 Å². The first-order chi connectivity index (χ1) is 10.0. The van der Waals surface area contributed by atoms with Crippen LogP contribution in [0.5, 0.6) is 5.75 Å². The molecule has 2 aromatic carbocycles. The molecule has 2 aromatic rings. The van der Waals surface area contributed by atoms with Gasteiger partial charge in [-0.15, -0.1) is 0 Å². The van der Waals surface area contributed by atoms with Crippen LogP contribution in [-0.4, -0.2) is 12.5 Å². The normalized spacial score (nSPS) is 14.9. The van der Waals surface area contributed by atoms with E-state index in [-0.39, 0.29) is 17.3 Å². The van der Waals surface area contributed by atoms with Gasteiger partial charge in [-0.3, -0.25) is 4.79 Å². The standard InChI is InChI=1S/C15H10Br3NO2/c16-9-2-3-11(17)10(6-9)15(18)8-1-4-13-12(5-8)19-14(20)7-21-13/h1-6,15H,7H2,(H,19,20). The minimum Gasteiger partial charge on any atom is -0.482 e. The molecule has 1 N–H and O–H groups in total.